The van der Waals surface area contributed by atoms with Gasteiger partial charge in [0.05, 0.1) is 0 Å². The summed E-state index contributed by atoms with van der Waals surface area (Å²) < 4.78 is 5.35. The summed E-state index contributed by atoms with van der Waals surface area (Å²) in [5.74, 6) is 3.35. The van der Waals surface area contributed by atoms with Crippen molar-refractivity contribution in [3.8, 4) is 0 Å². The third-order valence-electron chi connectivity index (χ3n) is 4.29. The molecule has 21 heavy (non-hydrogen) atoms. The lowest BCUT2D eigenvalue weighted by molar-refractivity contribution is -0.133. The molecule has 1 aliphatic carbocycles. The second kappa shape index (κ2) is 6.77. The Morgan fingerprint density at radius 2 is 2.24 bits per heavy atom. The minimum Gasteiger partial charge on any atom is -0.342 e. The molecule has 0 aromatic carbocycles. The smallest absolute Gasteiger partial charge is 0.226 e. The number of alkyl halides is 1. The van der Waals surface area contributed by atoms with Gasteiger partial charge in [0.15, 0.2) is 5.82 Å². The summed E-state index contributed by atoms with van der Waals surface area (Å²) in [5, 5.41) is 4.06. The molecule has 1 atom stereocenters. The average Bonchev–Trinajstić information content (AvgIpc) is 3.25. The van der Waals surface area contributed by atoms with E-state index in [2.05, 4.69) is 10.1 Å². The first kappa shape index (κ1) is 14.8. The number of carbonyl (C=O) groups excluding carboxylic acids is 1. The van der Waals surface area contributed by atoms with Crippen molar-refractivity contribution in [2.24, 2.45) is 5.92 Å². The van der Waals surface area contributed by atoms with Gasteiger partial charge in [-0.3, -0.25) is 4.79 Å². The van der Waals surface area contributed by atoms with Crippen LogP contribution in [0.1, 0.15) is 56.2 Å². The first-order chi connectivity index (χ1) is 10.3. The summed E-state index contributed by atoms with van der Waals surface area (Å²) in [6, 6.07) is 0. The number of rotatable bonds is 6. The monoisotopic (exact) mass is 311 g/mol. The maximum absolute atomic E-state index is 12.1. The number of piperidine rings is 1. The van der Waals surface area contributed by atoms with Crippen LogP contribution in [0.5, 0.6) is 0 Å². The second-order valence-corrected chi connectivity index (χ2v) is 6.54. The third kappa shape index (κ3) is 3.96. The fraction of sp³-hybridized carbons (Fsp3) is 0.800. The van der Waals surface area contributed by atoms with Crippen LogP contribution in [0, 0.1) is 5.92 Å². The first-order valence-corrected chi connectivity index (χ1v) is 8.46. The van der Waals surface area contributed by atoms with Crippen LogP contribution in [0.4, 0.5) is 0 Å². The fourth-order valence-corrected chi connectivity index (χ4v) is 3.07. The number of carbonyl (C=O) groups is 1. The Labute approximate surface area is 130 Å². The highest BCUT2D eigenvalue weighted by Crippen LogP contribution is 2.38. The van der Waals surface area contributed by atoms with Crippen molar-refractivity contribution in [1.29, 1.82) is 0 Å². The van der Waals surface area contributed by atoms with Crippen LogP contribution in [-0.4, -0.2) is 39.9 Å². The number of hydrogen-bond donors (Lipinski definition) is 0. The molecule has 0 bridgehead atoms. The zero-order valence-corrected chi connectivity index (χ0v) is 13.0. The van der Waals surface area contributed by atoms with E-state index in [0.29, 0.717) is 24.1 Å². The highest BCUT2D eigenvalue weighted by molar-refractivity contribution is 6.17. The lowest BCUT2D eigenvalue weighted by Crippen LogP contribution is -2.40. The fourth-order valence-electron chi connectivity index (χ4n) is 2.94. The minimum absolute atomic E-state index is 0.226. The lowest BCUT2D eigenvalue weighted by Gasteiger charge is -2.32. The zero-order chi connectivity index (χ0) is 14.7. The molecule has 1 aromatic rings. The average molecular weight is 312 g/mol. The van der Waals surface area contributed by atoms with Crippen molar-refractivity contribution in [2.75, 3.05) is 19.0 Å². The predicted octanol–water partition coefficient (Wildman–Crippen LogP) is 2.75. The third-order valence-corrected chi connectivity index (χ3v) is 4.55. The van der Waals surface area contributed by atoms with Gasteiger partial charge >= 0.3 is 0 Å². The maximum atomic E-state index is 12.1. The van der Waals surface area contributed by atoms with Crippen LogP contribution >= 0.6 is 11.6 Å². The summed E-state index contributed by atoms with van der Waals surface area (Å²) in [4.78, 5) is 18.5. The Kier molecular flexibility index (Phi) is 4.78. The maximum Gasteiger partial charge on any atom is 0.226 e. The number of hydrogen-bond acceptors (Lipinski definition) is 4. The molecule has 0 spiro atoms. The van der Waals surface area contributed by atoms with Gasteiger partial charge in [0.1, 0.15) is 0 Å². The molecule has 2 fully saturated rings. The van der Waals surface area contributed by atoms with Gasteiger partial charge in [0.25, 0.3) is 0 Å². The highest BCUT2D eigenvalue weighted by atomic mass is 35.5. The van der Waals surface area contributed by atoms with E-state index in [1.54, 1.807) is 0 Å². The Balaban J connectivity index is 1.51. The number of amides is 1. The second-order valence-electron chi connectivity index (χ2n) is 6.17. The predicted molar refractivity (Wildman–Crippen MR) is 79.2 cm³/mol. The van der Waals surface area contributed by atoms with Crippen LogP contribution in [-0.2, 0) is 11.2 Å². The van der Waals surface area contributed by atoms with E-state index in [0.717, 1.165) is 50.5 Å². The molecule has 1 amide bonds. The Morgan fingerprint density at radius 1 is 1.38 bits per heavy atom. The molecule has 1 saturated carbocycles. The largest absolute Gasteiger partial charge is 0.342 e. The van der Waals surface area contributed by atoms with E-state index >= 15 is 0 Å². The topological polar surface area (TPSA) is 59.2 Å². The van der Waals surface area contributed by atoms with E-state index < -0.39 is 0 Å². The molecule has 0 radical (unpaired) electrons. The molecule has 5 nitrogen and oxygen atoms in total. The normalized spacial score (nSPS) is 22.5. The standard InChI is InChI=1S/C15H22ClN3O2/c16-7-1-4-14(20)19-8-2-3-11(10-19)9-13-17-15(18-21-13)12-5-6-12/h11-12H,1-10H2. The van der Waals surface area contributed by atoms with E-state index in [-0.39, 0.29) is 5.91 Å². The first-order valence-electron chi connectivity index (χ1n) is 7.92. The van der Waals surface area contributed by atoms with Crippen molar-refractivity contribution < 1.29 is 9.32 Å². The SMILES string of the molecule is O=C(CCCCl)N1CCCC(Cc2nc(C3CC3)no2)C1. The molecule has 116 valence electrons. The van der Waals surface area contributed by atoms with E-state index in [1.165, 1.54) is 12.8 Å². The van der Waals surface area contributed by atoms with Gasteiger partial charge in [0, 0.05) is 37.7 Å². The van der Waals surface area contributed by atoms with Gasteiger partial charge in [-0.25, -0.2) is 0 Å². The molecule has 2 heterocycles. The molecule has 3 rings (SSSR count). The summed E-state index contributed by atoms with van der Waals surface area (Å²) in [6.07, 6.45) is 6.66. The highest BCUT2D eigenvalue weighted by Gasteiger charge is 2.30. The van der Waals surface area contributed by atoms with Crippen LogP contribution in [0.25, 0.3) is 0 Å². The Bertz CT molecular complexity index is 487. The Hall–Kier alpha value is -1.10. The molecule has 1 saturated heterocycles. The van der Waals surface area contributed by atoms with Gasteiger partial charge in [-0.1, -0.05) is 5.16 Å². The van der Waals surface area contributed by atoms with Crippen molar-refractivity contribution in [2.45, 2.75) is 50.9 Å². The van der Waals surface area contributed by atoms with Gasteiger partial charge in [-0.2, -0.15) is 4.98 Å². The molecule has 0 N–H and O–H groups in total. The minimum atomic E-state index is 0.226. The van der Waals surface area contributed by atoms with Crippen LogP contribution in [0.3, 0.4) is 0 Å². The van der Waals surface area contributed by atoms with Gasteiger partial charge < -0.3 is 9.42 Å². The summed E-state index contributed by atoms with van der Waals surface area (Å²) in [6.45, 7) is 1.68. The van der Waals surface area contributed by atoms with E-state index in [9.17, 15) is 4.79 Å². The van der Waals surface area contributed by atoms with Crippen molar-refractivity contribution in [3.05, 3.63) is 11.7 Å². The quantitative estimate of drug-likeness (QED) is 0.758. The summed E-state index contributed by atoms with van der Waals surface area (Å²) >= 11 is 5.66. The zero-order valence-electron chi connectivity index (χ0n) is 12.3. The van der Waals surface area contributed by atoms with Gasteiger partial charge in [-0.05, 0) is 38.0 Å². The molecule has 1 unspecified atom stereocenters. The van der Waals surface area contributed by atoms with Gasteiger partial charge in [0.2, 0.25) is 11.8 Å². The molecule has 2 aliphatic rings. The number of nitrogens with zero attached hydrogens (tertiary/aromatic N) is 3. The van der Waals surface area contributed by atoms with E-state index in [4.69, 9.17) is 16.1 Å². The molecule has 1 aliphatic heterocycles. The van der Waals surface area contributed by atoms with E-state index in [1.807, 2.05) is 4.90 Å². The van der Waals surface area contributed by atoms with Crippen molar-refractivity contribution >= 4 is 17.5 Å². The number of halogens is 1. The number of aromatic nitrogens is 2. The summed E-state index contributed by atoms with van der Waals surface area (Å²) in [7, 11) is 0. The summed E-state index contributed by atoms with van der Waals surface area (Å²) in [5.41, 5.74) is 0. The van der Waals surface area contributed by atoms with Crippen LogP contribution in [0.2, 0.25) is 0 Å². The molecule has 6 heteroatoms. The molecule has 1 aromatic heterocycles. The Morgan fingerprint density at radius 3 is 3.00 bits per heavy atom. The van der Waals surface area contributed by atoms with Crippen molar-refractivity contribution in [3.63, 3.8) is 0 Å². The number of likely N-dealkylation sites (tertiary alicyclic amines) is 1. The van der Waals surface area contributed by atoms with Crippen LogP contribution < -0.4 is 0 Å². The van der Waals surface area contributed by atoms with Gasteiger partial charge in [-0.15, -0.1) is 11.6 Å². The van der Waals surface area contributed by atoms with Crippen molar-refractivity contribution in [1.82, 2.24) is 15.0 Å². The molecular formula is C15H22ClN3O2. The van der Waals surface area contributed by atoms with Crippen LogP contribution in [0.15, 0.2) is 4.52 Å². The molecular weight excluding hydrogens is 290 g/mol. The lowest BCUT2D eigenvalue weighted by atomic mass is 9.94.